The molecular formula is C19H19NO5S2. The average Bonchev–Trinajstić information content (AvgIpc) is 3.16. The molecule has 0 amide bonds. The lowest BCUT2D eigenvalue weighted by molar-refractivity contribution is 0.520. The fourth-order valence-corrected chi connectivity index (χ4v) is 4.96. The number of benzene rings is 2. The Labute approximate surface area is 159 Å². The highest BCUT2D eigenvalue weighted by atomic mass is 32.2. The van der Waals surface area contributed by atoms with Gasteiger partial charge in [0.1, 0.15) is 5.76 Å². The number of sulfone groups is 1. The van der Waals surface area contributed by atoms with Crippen molar-refractivity contribution in [3.8, 4) is 11.3 Å². The molecule has 8 heteroatoms. The van der Waals surface area contributed by atoms with E-state index in [1.807, 2.05) is 6.92 Å². The lowest BCUT2D eigenvalue weighted by atomic mass is 10.2. The number of nitrogens with zero attached hydrogens (tertiary/aromatic N) is 1. The predicted octanol–water partition coefficient (Wildman–Crippen LogP) is 3.34. The third-order valence-electron chi connectivity index (χ3n) is 4.14. The van der Waals surface area contributed by atoms with E-state index in [9.17, 15) is 16.8 Å². The van der Waals surface area contributed by atoms with Crippen molar-refractivity contribution in [1.82, 2.24) is 4.31 Å². The average molecular weight is 405 g/mol. The SMILES string of the molecule is Cc1ccc(S(=O)(=O)c2ccc(S(=O)(=O)N(C)C)cc2-c2ccco2)cc1. The van der Waals surface area contributed by atoms with Gasteiger partial charge in [-0.25, -0.2) is 21.1 Å². The molecule has 27 heavy (non-hydrogen) atoms. The molecular weight excluding hydrogens is 386 g/mol. The van der Waals surface area contributed by atoms with Crippen LogP contribution >= 0.6 is 0 Å². The molecule has 1 aromatic heterocycles. The number of aryl methyl sites for hydroxylation is 1. The van der Waals surface area contributed by atoms with Crippen molar-refractivity contribution in [2.75, 3.05) is 14.1 Å². The van der Waals surface area contributed by atoms with Crippen molar-refractivity contribution in [1.29, 1.82) is 0 Å². The topological polar surface area (TPSA) is 84.7 Å². The fourth-order valence-electron chi connectivity index (χ4n) is 2.58. The van der Waals surface area contributed by atoms with Crippen LogP contribution in [0.15, 0.2) is 80.0 Å². The van der Waals surface area contributed by atoms with Crippen LogP contribution in [0.1, 0.15) is 5.56 Å². The third-order valence-corrected chi connectivity index (χ3v) is 7.78. The molecule has 0 unspecified atom stereocenters. The summed E-state index contributed by atoms with van der Waals surface area (Å²) < 4.78 is 57.7. The number of rotatable bonds is 5. The first-order valence-electron chi connectivity index (χ1n) is 8.06. The number of hydrogen-bond donors (Lipinski definition) is 0. The van der Waals surface area contributed by atoms with E-state index in [4.69, 9.17) is 4.42 Å². The van der Waals surface area contributed by atoms with Crippen LogP contribution in [-0.4, -0.2) is 35.2 Å². The molecule has 2 aromatic carbocycles. The van der Waals surface area contributed by atoms with Crippen molar-refractivity contribution in [3.05, 3.63) is 66.4 Å². The second kappa shape index (κ2) is 6.95. The molecule has 0 bridgehead atoms. The molecule has 6 nitrogen and oxygen atoms in total. The molecule has 0 radical (unpaired) electrons. The molecule has 142 valence electrons. The van der Waals surface area contributed by atoms with E-state index in [1.54, 1.807) is 24.3 Å². The van der Waals surface area contributed by atoms with Gasteiger partial charge in [0, 0.05) is 19.7 Å². The molecule has 0 aliphatic rings. The van der Waals surface area contributed by atoms with Crippen LogP contribution in [0.4, 0.5) is 0 Å². The zero-order valence-corrected chi connectivity index (χ0v) is 16.7. The zero-order chi connectivity index (χ0) is 19.8. The van der Waals surface area contributed by atoms with Gasteiger partial charge in [-0.05, 0) is 49.4 Å². The molecule has 1 heterocycles. The van der Waals surface area contributed by atoms with E-state index in [1.165, 1.54) is 50.7 Å². The van der Waals surface area contributed by atoms with Crippen LogP contribution < -0.4 is 0 Å². The van der Waals surface area contributed by atoms with Crippen molar-refractivity contribution in [3.63, 3.8) is 0 Å². The number of hydrogen-bond acceptors (Lipinski definition) is 5. The molecule has 0 N–H and O–H groups in total. The fraction of sp³-hybridized carbons (Fsp3) is 0.158. The van der Waals surface area contributed by atoms with Crippen LogP contribution in [0.3, 0.4) is 0 Å². The van der Waals surface area contributed by atoms with Gasteiger partial charge in [0.15, 0.2) is 0 Å². The summed E-state index contributed by atoms with van der Waals surface area (Å²) in [5, 5.41) is 0. The summed E-state index contributed by atoms with van der Waals surface area (Å²) in [5.41, 5.74) is 1.14. The molecule has 0 aliphatic heterocycles. The van der Waals surface area contributed by atoms with Crippen molar-refractivity contribution >= 4 is 19.9 Å². The molecule has 0 saturated heterocycles. The largest absolute Gasteiger partial charge is 0.464 e. The summed E-state index contributed by atoms with van der Waals surface area (Å²) in [4.78, 5) is 0.102. The maximum atomic E-state index is 13.2. The predicted molar refractivity (Wildman–Crippen MR) is 102 cm³/mol. The Morgan fingerprint density at radius 2 is 1.48 bits per heavy atom. The third kappa shape index (κ3) is 3.55. The summed E-state index contributed by atoms with van der Waals surface area (Å²) in [5.74, 6) is 0.275. The lowest BCUT2D eigenvalue weighted by Gasteiger charge is -2.15. The van der Waals surface area contributed by atoms with Crippen LogP contribution in [-0.2, 0) is 19.9 Å². The molecule has 0 aliphatic carbocycles. The number of furan rings is 1. The normalized spacial score (nSPS) is 12.4. The minimum absolute atomic E-state index is 0.0123. The Hall–Kier alpha value is -2.42. The van der Waals surface area contributed by atoms with Crippen LogP contribution in [0, 0.1) is 6.92 Å². The first kappa shape index (κ1) is 19.3. The van der Waals surface area contributed by atoms with Crippen LogP contribution in [0.25, 0.3) is 11.3 Å². The van der Waals surface area contributed by atoms with Crippen molar-refractivity contribution in [2.24, 2.45) is 0 Å². The first-order valence-corrected chi connectivity index (χ1v) is 11.0. The van der Waals surface area contributed by atoms with E-state index in [0.29, 0.717) is 0 Å². The molecule has 0 spiro atoms. The maximum absolute atomic E-state index is 13.2. The highest BCUT2D eigenvalue weighted by Gasteiger charge is 2.26. The van der Waals surface area contributed by atoms with Gasteiger partial charge in [0.05, 0.1) is 20.9 Å². The highest BCUT2D eigenvalue weighted by Crippen LogP contribution is 2.34. The molecule has 0 atom stereocenters. The van der Waals surface area contributed by atoms with Gasteiger partial charge in [0.25, 0.3) is 0 Å². The van der Waals surface area contributed by atoms with Gasteiger partial charge in [-0.1, -0.05) is 17.7 Å². The lowest BCUT2D eigenvalue weighted by Crippen LogP contribution is -2.22. The van der Waals surface area contributed by atoms with Crippen LogP contribution in [0.2, 0.25) is 0 Å². The van der Waals surface area contributed by atoms with E-state index in [2.05, 4.69) is 0 Å². The Balaban J connectivity index is 2.26. The Bertz CT molecular complexity index is 1160. The zero-order valence-electron chi connectivity index (χ0n) is 15.1. The molecule has 0 saturated carbocycles. The van der Waals surface area contributed by atoms with Gasteiger partial charge in [0.2, 0.25) is 19.9 Å². The van der Waals surface area contributed by atoms with E-state index >= 15 is 0 Å². The summed E-state index contributed by atoms with van der Waals surface area (Å²) in [6, 6.07) is 13.6. The molecule has 0 fully saturated rings. The Morgan fingerprint density at radius 1 is 0.852 bits per heavy atom. The Morgan fingerprint density at radius 3 is 2.04 bits per heavy atom. The van der Waals surface area contributed by atoms with Gasteiger partial charge in [-0.2, -0.15) is 0 Å². The number of sulfonamides is 1. The van der Waals surface area contributed by atoms with E-state index < -0.39 is 19.9 Å². The molecule has 3 aromatic rings. The van der Waals surface area contributed by atoms with Gasteiger partial charge < -0.3 is 4.42 Å². The summed E-state index contributed by atoms with van der Waals surface area (Å²) in [6.45, 7) is 1.87. The highest BCUT2D eigenvalue weighted by molar-refractivity contribution is 7.91. The van der Waals surface area contributed by atoms with E-state index in [0.717, 1.165) is 9.87 Å². The standard InChI is InChI=1S/C19H19NO5S2/c1-14-6-8-15(9-7-14)26(21,22)19-11-10-16(27(23,24)20(2)3)13-17(19)18-5-4-12-25-18/h4-13H,1-3H3. The first-order chi connectivity index (χ1) is 12.6. The maximum Gasteiger partial charge on any atom is 0.242 e. The van der Waals surface area contributed by atoms with E-state index in [-0.39, 0.29) is 26.0 Å². The van der Waals surface area contributed by atoms with Crippen molar-refractivity contribution < 1.29 is 21.3 Å². The Kier molecular flexibility index (Phi) is 4.98. The summed E-state index contributed by atoms with van der Waals surface area (Å²) in [7, 11) is -4.76. The van der Waals surface area contributed by atoms with Gasteiger partial charge >= 0.3 is 0 Å². The van der Waals surface area contributed by atoms with Gasteiger partial charge in [-0.15, -0.1) is 0 Å². The molecule has 3 rings (SSSR count). The summed E-state index contributed by atoms with van der Waals surface area (Å²) >= 11 is 0. The monoisotopic (exact) mass is 405 g/mol. The second-order valence-electron chi connectivity index (χ2n) is 6.24. The van der Waals surface area contributed by atoms with Gasteiger partial charge in [-0.3, -0.25) is 0 Å². The smallest absolute Gasteiger partial charge is 0.242 e. The quantitative estimate of drug-likeness (QED) is 0.650. The minimum Gasteiger partial charge on any atom is -0.464 e. The van der Waals surface area contributed by atoms with Crippen molar-refractivity contribution in [2.45, 2.75) is 21.6 Å². The van der Waals surface area contributed by atoms with Crippen LogP contribution in [0.5, 0.6) is 0 Å². The minimum atomic E-state index is -3.86. The summed E-state index contributed by atoms with van der Waals surface area (Å²) in [6.07, 6.45) is 1.41. The second-order valence-corrected chi connectivity index (χ2v) is 10.3.